The number of hydrogen-bond acceptors (Lipinski definition) is 4. The van der Waals surface area contributed by atoms with Gasteiger partial charge in [0.25, 0.3) is 0 Å². The van der Waals surface area contributed by atoms with Crippen molar-refractivity contribution in [1.82, 2.24) is 9.66 Å². The fourth-order valence-electron chi connectivity index (χ4n) is 2.22. The van der Waals surface area contributed by atoms with Crippen LogP contribution >= 0.6 is 11.3 Å². The highest BCUT2D eigenvalue weighted by atomic mass is 32.1. The molecule has 0 amide bonds. The van der Waals surface area contributed by atoms with Crippen LogP contribution in [0.5, 0.6) is 0 Å². The Bertz CT molecular complexity index is 904. The Balaban J connectivity index is 1.99. The number of rotatable bonds is 3. The molecule has 0 N–H and O–H groups in total. The molecule has 0 radical (unpaired) electrons. The number of pyridine rings is 1. The zero-order chi connectivity index (χ0) is 16.2. The molecule has 3 rings (SSSR count). The molecule has 5 heteroatoms. The van der Waals surface area contributed by atoms with Gasteiger partial charge in [0.15, 0.2) is 0 Å². The third-order valence-electron chi connectivity index (χ3n) is 3.46. The van der Waals surface area contributed by atoms with Crippen LogP contribution in [0.2, 0.25) is 0 Å². The summed E-state index contributed by atoms with van der Waals surface area (Å²) >= 11 is 1.57. The van der Waals surface area contributed by atoms with Gasteiger partial charge in [0.1, 0.15) is 0 Å². The van der Waals surface area contributed by atoms with Gasteiger partial charge in [-0.15, -0.1) is 11.3 Å². The van der Waals surface area contributed by atoms with Gasteiger partial charge in [0, 0.05) is 11.6 Å². The Labute approximate surface area is 139 Å². The van der Waals surface area contributed by atoms with E-state index >= 15 is 0 Å². The molecule has 2 heterocycles. The number of nitrogens with zero attached hydrogens (tertiary/aromatic N) is 4. The summed E-state index contributed by atoms with van der Waals surface area (Å²) in [5, 5.41) is 6.66. The quantitative estimate of drug-likeness (QED) is 0.672. The molecule has 0 saturated carbocycles. The second kappa shape index (κ2) is 6.71. The number of thiazole rings is 1. The summed E-state index contributed by atoms with van der Waals surface area (Å²) in [6.07, 6.45) is 5.37. The third-order valence-corrected chi connectivity index (χ3v) is 4.39. The van der Waals surface area contributed by atoms with Crippen molar-refractivity contribution in [3.05, 3.63) is 75.3 Å². The Morgan fingerprint density at radius 2 is 2.04 bits per heavy atom. The summed E-state index contributed by atoms with van der Waals surface area (Å²) in [7, 11) is 0. The van der Waals surface area contributed by atoms with Gasteiger partial charge in [0.05, 0.1) is 23.8 Å². The first-order chi connectivity index (χ1) is 11.1. The summed E-state index contributed by atoms with van der Waals surface area (Å²) in [6, 6.07) is 10.2. The van der Waals surface area contributed by atoms with E-state index in [9.17, 15) is 0 Å². The smallest absolute Gasteiger partial charge is 0.211 e. The maximum absolute atomic E-state index is 4.62. The van der Waals surface area contributed by atoms with Gasteiger partial charge < -0.3 is 0 Å². The number of hydrogen-bond donors (Lipinski definition) is 0. The first-order valence-electron chi connectivity index (χ1n) is 7.37. The minimum absolute atomic E-state index is 0.824. The van der Waals surface area contributed by atoms with Crippen molar-refractivity contribution in [1.29, 1.82) is 0 Å². The van der Waals surface area contributed by atoms with Gasteiger partial charge in [0.2, 0.25) is 4.80 Å². The topological polar surface area (TPSA) is 42.5 Å². The van der Waals surface area contributed by atoms with Crippen LogP contribution in [0.25, 0.3) is 0 Å². The molecule has 2 aromatic heterocycles. The lowest BCUT2D eigenvalue weighted by Gasteiger charge is -2.02. The summed E-state index contributed by atoms with van der Waals surface area (Å²) in [5.41, 5.74) is 5.46. The minimum Gasteiger partial charge on any atom is -0.262 e. The molecule has 0 atom stereocenters. The lowest BCUT2D eigenvalue weighted by atomic mass is 10.1. The highest BCUT2D eigenvalue weighted by Crippen LogP contribution is 2.10. The Morgan fingerprint density at radius 3 is 2.78 bits per heavy atom. The van der Waals surface area contributed by atoms with Crippen molar-refractivity contribution < 1.29 is 0 Å². The molecule has 0 aliphatic carbocycles. The molecule has 3 aromatic rings. The van der Waals surface area contributed by atoms with Gasteiger partial charge >= 0.3 is 0 Å². The van der Waals surface area contributed by atoms with Crippen molar-refractivity contribution >= 4 is 23.2 Å². The van der Waals surface area contributed by atoms with E-state index in [2.05, 4.69) is 52.5 Å². The van der Waals surface area contributed by atoms with E-state index in [1.54, 1.807) is 23.7 Å². The highest BCUT2D eigenvalue weighted by molar-refractivity contribution is 7.07. The molecule has 0 aliphatic heterocycles. The predicted molar refractivity (Wildman–Crippen MR) is 95.4 cm³/mol. The monoisotopic (exact) mass is 322 g/mol. The molecule has 4 nitrogen and oxygen atoms in total. The summed E-state index contributed by atoms with van der Waals surface area (Å²) in [6.45, 7) is 6.22. The Hall–Kier alpha value is -2.53. The summed E-state index contributed by atoms with van der Waals surface area (Å²) < 4.78 is 1.86. The van der Waals surface area contributed by atoms with Crippen molar-refractivity contribution in [2.24, 2.45) is 10.1 Å². The van der Waals surface area contributed by atoms with Crippen LogP contribution in [-0.2, 0) is 0 Å². The minimum atomic E-state index is 0.824. The first kappa shape index (κ1) is 15.4. The molecule has 0 saturated heterocycles. The lowest BCUT2D eigenvalue weighted by Crippen LogP contribution is -2.11. The van der Waals surface area contributed by atoms with Crippen molar-refractivity contribution in [2.75, 3.05) is 0 Å². The number of benzene rings is 1. The van der Waals surface area contributed by atoms with Crippen molar-refractivity contribution in [2.45, 2.75) is 20.8 Å². The normalized spacial score (nSPS) is 12.2. The number of aryl methyl sites for hydroxylation is 3. The van der Waals surface area contributed by atoms with Gasteiger partial charge in [-0.1, -0.05) is 23.8 Å². The van der Waals surface area contributed by atoms with E-state index in [1.165, 1.54) is 11.1 Å². The Kier molecular flexibility index (Phi) is 4.48. The molecule has 23 heavy (non-hydrogen) atoms. The van der Waals surface area contributed by atoms with Crippen LogP contribution in [0.4, 0.5) is 5.69 Å². The summed E-state index contributed by atoms with van der Waals surface area (Å²) in [5.74, 6) is 0. The molecule has 0 spiro atoms. The van der Waals surface area contributed by atoms with Crippen molar-refractivity contribution in [3.8, 4) is 0 Å². The van der Waals surface area contributed by atoms with E-state index in [0.29, 0.717) is 0 Å². The van der Waals surface area contributed by atoms with Gasteiger partial charge in [-0.05, 0) is 44.0 Å². The zero-order valence-corrected chi connectivity index (χ0v) is 14.2. The molecular formula is C18H18N4S. The molecular weight excluding hydrogens is 304 g/mol. The predicted octanol–water partition coefficient (Wildman–Crippen LogP) is 3.98. The molecule has 1 aromatic carbocycles. The zero-order valence-electron chi connectivity index (χ0n) is 13.4. The molecule has 0 fully saturated rings. The van der Waals surface area contributed by atoms with E-state index in [1.807, 2.05) is 29.9 Å². The van der Waals surface area contributed by atoms with Crippen LogP contribution in [0.15, 0.2) is 58.2 Å². The van der Waals surface area contributed by atoms with Gasteiger partial charge in [-0.3, -0.25) is 4.98 Å². The van der Waals surface area contributed by atoms with Crippen LogP contribution in [0.3, 0.4) is 0 Å². The fraction of sp³-hybridized carbons (Fsp3) is 0.167. The Morgan fingerprint density at radius 1 is 1.17 bits per heavy atom. The molecule has 0 aliphatic rings. The van der Waals surface area contributed by atoms with Crippen LogP contribution < -0.4 is 4.80 Å². The van der Waals surface area contributed by atoms with Crippen LogP contribution in [0, 0.1) is 20.8 Å². The van der Waals surface area contributed by atoms with E-state index in [4.69, 9.17) is 0 Å². The number of aromatic nitrogens is 2. The van der Waals surface area contributed by atoms with E-state index < -0.39 is 0 Å². The van der Waals surface area contributed by atoms with Gasteiger partial charge in [-0.25, -0.2) is 9.67 Å². The molecule has 116 valence electrons. The second-order valence-corrected chi connectivity index (χ2v) is 6.24. The van der Waals surface area contributed by atoms with E-state index in [-0.39, 0.29) is 0 Å². The largest absolute Gasteiger partial charge is 0.262 e. The van der Waals surface area contributed by atoms with E-state index in [0.717, 1.165) is 21.7 Å². The average molecular weight is 322 g/mol. The van der Waals surface area contributed by atoms with Crippen LogP contribution in [0.1, 0.15) is 22.4 Å². The first-order valence-corrected chi connectivity index (χ1v) is 8.25. The maximum atomic E-state index is 4.62. The SMILES string of the molecule is Cc1ccc(C=Nn2c(C)csc2=Nc2cccnc2)c(C)c1. The summed E-state index contributed by atoms with van der Waals surface area (Å²) in [4.78, 5) is 9.54. The standard InChI is InChI=1S/C18H18N4S/c1-13-6-7-16(14(2)9-13)10-20-22-15(3)12-23-18(22)21-17-5-4-8-19-11-17/h4-12H,1-3H3. The van der Waals surface area contributed by atoms with Crippen LogP contribution in [-0.4, -0.2) is 15.9 Å². The molecule has 0 unspecified atom stereocenters. The highest BCUT2D eigenvalue weighted by Gasteiger charge is 2.01. The second-order valence-electron chi connectivity index (χ2n) is 5.40. The fourth-order valence-corrected chi connectivity index (χ4v) is 3.05. The average Bonchev–Trinajstić information content (AvgIpc) is 2.88. The third kappa shape index (κ3) is 3.63. The van der Waals surface area contributed by atoms with Crippen molar-refractivity contribution in [3.63, 3.8) is 0 Å². The van der Waals surface area contributed by atoms with Gasteiger partial charge in [-0.2, -0.15) is 5.10 Å². The maximum Gasteiger partial charge on any atom is 0.211 e. The molecule has 0 bridgehead atoms. The lowest BCUT2D eigenvalue weighted by molar-refractivity contribution is 0.809.